The van der Waals surface area contributed by atoms with Gasteiger partial charge in [0.1, 0.15) is 0 Å². The number of carbonyl (C=O) groups excluding carboxylic acids is 1. The molecule has 1 N–H and O–H groups in total. The smallest absolute Gasteiger partial charge is 0.251 e. The van der Waals surface area contributed by atoms with Crippen molar-refractivity contribution in [3.63, 3.8) is 0 Å². The summed E-state index contributed by atoms with van der Waals surface area (Å²) in [5.41, 5.74) is 2.86. The van der Waals surface area contributed by atoms with E-state index in [1.54, 1.807) is 26.0 Å². The molecule has 2 rings (SSSR count). The van der Waals surface area contributed by atoms with E-state index in [4.69, 9.17) is 0 Å². The van der Waals surface area contributed by atoms with Gasteiger partial charge < -0.3 is 5.32 Å². The van der Waals surface area contributed by atoms with Crippen molar-refractivity contribution in [2.75, 3.05) is 19.6 Å². The molecule has 0 atom stereocenters. The molecule has 2 aromatic carbocycles. The minimum atomic E-state index is -3.50. The summed E-state index contributed by atoms with van der Waals surface area (Å²) in [5.74, 6) is -0.203. The predicted octanol–water partition coefficient (Wildman–Crippen LogP) is 3.00. The number of amides is 1. The van der Waals surface area contributed by atoms with Gasteiger partial charge in [-0.1, -0.05) is 38.1 Å². The van der Waals surface area contributed by atoms with Crippen molar-refractivity contribution in [3.8, 4) is 0 Å². The lowest BCUT2D eigenvalue weighted by molar-refractivity contribution is 0.0954. The molecule has 0 aliphatic carbocycles. The average Bonchev–Trinajstić information content (AvgIpc) is 2.64. The summed E-state index contributed by atoms with van der Waals surface area (Å²) in [6, 6.07) is 14.2. The zero-order chi connectivity index (χ0) is 19.2. The maximum absolute atomic E-state index is 12.5. The van der Waals surface area contributed by atoms with Crippen LogP contribution >= 0.6 is 0 Å². The second-order valence-corrected chi connectivity index (χ2v) is 7.98. The molecule has 0 aliphatic heterocycles. The number of nitrogens with one attached hydrogen (secondary N) is 1. The van der Waals surface area contributed by atoms with Crippen LogP contribution in [0.3, 0.4) is 0 Å². The van der Waals surface area contributed by atoms with E-state index in [0.29, 0.717) is 25.2 Å². The quantitative estimate of drug-likeness (QED) is 0.772. The molecule has 2 aromatic rings. The van der Waals surface area contributed by atoms with Crippen LogP contribution < -0.4 is 5.32 Å². The Bertz CT molecular complexity index is 842. The van der Waals surface area contributed by atoms with Gasteiger partial charge in [-0.2, -0.15) is 4.31 Å². The van der Waals surface area contributed by atoms with Gasteiger partial charge >= 0.3 is 0 Å². The summed E-state index contributed by atoms with van der Waals surface area (Å²) in [4.78, 5) is 12.5. The van der Waals surface area contributed by atoms with Gasteiger partial charge in [-0.05, 0) is 48.7 Å². The molecule has 0 aromatic heterocycles. The Balaban J connectivity index is 1.99. The van der Waals surface area contributed by atoms with Crippen LogP contribution in [0.5, 0.6) is 0 Å². The first kappa shape index (κ1) is 20.1. The third-order valence-corrected chi connectivity index (χ3v) is 6.46. The molecule has 0 saturated heterocycles. The number of carbonyl (C=O) groups is 1. The van der Waals surface area contributed by atoms with E-state index in [1.165, 1.54) is 27.6 Å². The van der Waals surface area contributed by atoms with Crippen molar-refractivity contribution in [3.05, 3.63) is 65.2 Å². The Morgan fingerprint density at radius 1 is 1.00 bits per heavy atom. The highest BCUT2D eigenvalue weighted by Crippen LogP contribution is 2.16. The minimum Gasteiger partial charge on any atom is -0.352 e. The lowest BCUT2D eigenvalue weighted by Crippen LogP contribution is -2.30. The third kappa shape index (κ3) is 4.71. The fourth-order valence-corrected chi connectivity index (χ4v) is 4.25. The molecular weight excluding hydrogens is 348 g/mol. The second kappa shape index (κ2) is 8.96. The van der Waals surface area contributed by atoms with Crippen LogP contribution in [0.15, 0.2) is 53.4 Å². The normalized spacial score (nSPS) is 11.5. The summed E-state index contributed by atoms with van der Waals surface area (Å²) in [6.45, 7) is 7.02. The van der Waals surface area contributed by atoms with Crippen LogP contribution in [0.4, 0.5) is 0 Å². The molecule has 0 saturated carbocycles. The summed E-state index contributed by atoms with van der Waals surface area (Å²) in [5, 5.41) is 2.88. The Kier molecular flexibility index (Phi) is 6.94. The molecule has 0 radical (unpaired) electrons. The standard InChI is InChI=1S/C20H26N2O3S/c1-4-22(5-2)26(24,25)19-12-10-18(11-13-19)20(23)21-15-14-17-9-7-6-8-16(17)3/h6-13H,4-5,14-15H2,1-3H3,(H,21,23). The number of benzene rings is 2. The van der Waals surface area contributed by atoms with Gasteiger partial charge in [-0.15, -0.1) is 0 Å². The van der Waals surface area contributed by atoms with Gasteiger partial charge in [-0.25, -0.2) is 8.42 Å². The second-order valence-electron chi connectivity index (χ2n) is 6.05. The molecule has 0 fully saturated rings. The fraction of sp³-hybridized carbons (Fsp3) is 0.350. The highest BCUT2D eigenvalue weighted by molar-refractivity contribution is 7.89. The zero-order valence-electron chi connectivity index (χ0n) is 15.5. The van der Waals surface area contributed by atoms with Crippen molar-refractivity contribution in [2.24, 2.45) is 0 Å². The SMILES string of the molecule is CCN(CC)S(=O)(=O)c1ccc(C(=O)NCCc2ccccc2C)cc1. The zero-order valence-corrected chi connectivity index (χ0v) is 16.3. The molecule has 26 heavy (non-hydrogen) atoms. The summed E-state index contributed by atoms with van der Waals surface area (Å²) < 4.78 is 26.3. The van der Waals surface area contributed by atoms with Gasteiger partial charge in [0, 0.05) is 25.2 Å². The van der Waals surface area contributed by atoms with Crippen molar-refractivity contribution in [1.82, 2.24) is 9.62 Å². The van der Waals surface area contributed by atoms with Crippen LogP contribution in [0.1, 0.15) is 35.3 Å². The van der Waals surface area contributed by atoms with Crippen LogP contribution in [-0.4, -0.2) is 38.3 Å². The first-order valence-electron chi connectivity index (χ1n) is 8.83. The molecule has 1 amide bonds. The number of hydrogen-bond acceptors (Lipinski definition) is 3. The topological polar surface area (TPSA) is 66.5 Å². The number of aryl methyl sites for hydroxylation is 1. The Labute approximate surface area is 156 Å². The number of sulfonamides is 1. The molecule has 0 heterocycles. The van der Waals surface area contributed by atoms with E-state index in [2.05, 4.69) is 5.32 Å². The molecule has 0 bridgehead atoms. The van der Waals surface area contributed by atoms with Crippen LogP contribution in [0.25, 0.3) is 0 Å². The lowest BCUT2D eigenvalue weighted by atomic mass is 10.1. The van der Waals surface area contributed by atoms with Crippen molar-refractivity contribution >= 4 is 15.9 Å². The van der Waals surface area contributed by atoms with Crippen LogP contribution in [-0.2, 0) is 16.4 Å². The molecule has 140 valence electrons. The van der Waals surface area contributed by atoms with E-state index in [0.717, 1.165) is 6.42 Å². The molecule has 0 unspecified atom stereocenters. The Morgan fingerprint density at radius 2 is 1.62 bits per heavy atom. The van der Waals surface area contributed by atoms with Gasteiger partial charge in [0.15, 0.2) is 0 Å². The number of nitrogens with zero attached hydrogens (tertiary/aromatic N) is 1. The molecule has 6 heteroatoms. The van der Waals surface area contributed by atoms with Gasteiger partial charge in [0.05, 0.1) is 4.90 Å². The molecule has 0 spiro atoms. The van der Waals surface area contributed by atoms with E-state index < -0.39 is 10.0 Å². The Morgan fingerprint density at radius 3 is 2.19 bits per heavy atom. The number of hydrogen-bond donors (Lipinski definition) is 1. The van der Waals surface area contributed by atoms with Crippen molar-refractivity contribution < 1.29 is 13.2 Å². The third-order valence-electron chi connectivity index (χ3n) is 4.40. The predicted molar refractivity (Wildman–Crippen MR) is 104 cm³/mol. The maximum atomic E-state index is 12.5. The summed E-state index contributed by atoms with van der Waals surface area (Å²) in [7, 11) is -3.50. The van der Waals surface area contributed by atoms with Crippen molar-refractivity contribution in [2.45, 2.75) is 32.1 Å². The highest BCUT2D eigenvalue weighted by atomic mass is 32.2. The van der Waals surface area contributed by atoms with Crippen LogP contribution in [0.2, 0.25) is 0 Å². The van der Waals surface area contributed by atoms with Gasteiger partial charge in [0.25, 0.3) is 5.91 Å². The van der Waals surface area contributed by atoms with E-state index in [-0.39, 0.29) is 10.8 Å². The van der Waals surface area contributed by atoms with Gasteiger partial charge in [-0.3, -0.25) is 4.79 Å². The summed E-state index contributed by atoms with van der Waals surface area (Å²) >= 11 is 0. The van der Waals surface area contributed by atoms with E-state index >= 15 is 0 Å². The number of rotatable bonds is 8. The van der Waals surface area contributed by atoms with Crippen LogP contribution in [0, 0.1) is 6.92 Å². The Hall–Kier alpha value is -2.18. The first-order valence-corrected chi connectivity index (χ1v) is 10.3. The average molecular weight is 375 g/mol. The fourth-order valence-electron chi connectivity index (χ4n) is 2.79. The molecular formula is C20H26N2O3S. The minimum absolute atomic E-state index is 0.203. The lowest BCUT2D eigenvalue weighted by Gasteiger charge is -2.18. The van der Waals surface area contributed by atoms with E-state index in [1.807, 2.05) is 31.2 Å². The molecule has 0 aliphatic rings. The largest absolute Gasteiger partial charge is 0.352 e. The monoisotopic (exact) mass is 374 g/mol. The first-order chi connectivity index (χ1) is 12.4. The highest BCUT2D eigenvalue weighted by Gasteiger charge is 2.21. The van der Waals surface area contributed by atoms with Crippen molar-refractivity contribution in [1.29, 1.82) is 0 Å². The molecule has 5 nitrogen and oxygen atoms in total. The van der Waals surface area contributed by atoms with E-state index in [9.17, 15) is 13.2 Å². The summed E-state index contributed by atoms with van der Waals surface area (Å²) in [6.07, 6.45) is 0.757. The van der Waals surface area contributed by atoms with Gasteiger partial charge in [0.2, 0.25) is 10.0 Å². The maximum Gasteiger partial charge on any atom is 0.251 e.